The molecule has 17 heavy (non-hydrogen) atoms. The highest BCUT2D eigenvalue weighted by molar-refractivity contribution is 5.91. The molecular formula is C13H15FO3. The number of Topliss-reactive ketones (excluding diaryl/α,β-unsaturated/α-hetero) is 1. The van der Waals surface area contributed by atoms with Gasteiger partial charge in [0, 0.05) is 18.4 Å². The summed E-state index contributed by atoms with van der Waals surface area (Å²) in [5, 5.41) is 9.04. The van der Waals surface area contributed by atoms with E-state index >= 15 is 0 Å². The SMILES string of the molecule is CCC(=O)CCc1c(F)ccc(C)c1C(=O)O. The van der Waals surface area contributed by atoms with Gasteiger partial charge in [0.25, 0.3) is 0 Å². The third-order valence-electron chi connectivity index (χ3n) is 2.73. The maximum absolute atomic E-state index is 13.6. The van der Waals surface area contributed by atoms with Gasteiger partial charge < -0.3 is 5.11 Å². The average molecular weight is 238 g/mol. The Morgan fingerprint density at radius 2 is 2.00 bits per heavy atom. The summed E-state index contributed by atoms with van der Waals surface area (Å²) in [6.45, 7) is 3.35. The Balaban J connectivity index is 3.08. The third-order valence-corrected chi connectivity index (χ3v) is 2.73. The second kappa shape index (κ2) is 5.57. The van der Waals surface area contributed by atoms with Crippen molar-refractivity contribution in [3.8, 4) is 0 Å². The van der Waals surface area contributed by atoms with Crippen LogP contribution in [0.1, 0.15) is 41.3 Å². The third kappa shape index (κ3) is 3.12. The van der Waals surface area contributed by atoms with E-state index in [0.29, 0.717) is 12.0 Å². The summed E-state index contributed by atoms with van der Waals surface area (Å²) in [6.07, 6.45) is 0.703. The van der Waals surface area contributed by atoms with Crippen LogP contribution in [0.15, 0.2) is 12.1 Å². The van der Waals surface area contributed by atoms with E-state index in [4.69, 9.17) is 5.11 Å². The molecule has 0 atom stereocenters. The highest BCUT2D eigenvalue weighted by Gasteiger charge is 2.17. The molecule has 0 unspecified atom stereocenters. The monoisotopic (exact) mass is 238 g/mol. The summed E-state index contributed by atoms with van der Waals surface area (Å²) in [4.78, 5) is 22.3. The first-order valence-electron chi connectivity index (χ1n) is 5.50. The van der Waals surface area contributed by atoms with Gasteiger partial charge in [-0.3, -0.25) is 4.79 Å². The van der Waals surface area contributed by atoms with Crippen LogP contribution in [0.25, 0.3) is 0 Å². The smallest absolute Gasteiger partial charge is 0.336 e. The summed E-state index contributed by atoms with van der Waals surface area (Å²) >= 11 is 0. The molecule has 4 heteroatoms. The summed E-state index contributed by atoms with van der Waals surface area (Å²) < 4.78 is 13.6. The maximum atomic E-state index is 13.6. The molecule has 0 fully saturated rings. The fraction of sp³-hybridized carbons (Fsp3) is 0.385. The first kappa shape index (κ1) is 13.4. The topological polar surface area (TPSA) is 54.4 Å². The lowest BCUT2D eigenvalue weighted by Gasteiger charge is -2.09. The van der Waals surface area contributed by atoms with Crippen LogP contribution >= 0.6 is 0 Å². The van der Waals surface area contributed by atoms with Gasteiger partial charge in [0.05, 0.1) is 5.56 Å². The van der Waals surface area contributed by atoms with E-state index in [1.165, 1.54) is 12.1 Å². The van der Waals surface area contributed by atoms with Gasteiger partial charge in [-0.2, -0.15) is 0 Å². The molecule has 0 saturated heterocycles. The molecule has 3 nitrogen and oxygen atoms in total. The van der Waals surface area contributed by atoms with Crippen molar-refractivity contribution in [2.24, 2.45) is 0 Å². The number of rotatable bonds is 5. The predicted octanol–water partition coefficient (Wildman–Crippen LogP) is 2.74. The molecule has 0 saturated carbocycles. The van der Waals surface area contributed by atoms with E-state index < -0.39 is 11.8 Å². The Labute approximate surface area is 99.3 Å². The minimum Gasteiger partial charge on any atom is -0.478 e. The van der Waals surface area contributed by atoms with E-state index in [2.05, 4.69) is 0 Å². The molecular weight excluding hydrogens is 223 g/mol. The van der Waals surface area contributed by atoms with Crippen LogP contribution in [-0.2, 0) is 11.2 Å². The molecule has 1 aromatic rings. The zero-order valence-electron chi connectivity index (χ0n) is 9.92. The fourth-order valence-electron chi connectivity index (χ4n) is 1.72. The van der Waals surface area contributed by atoms with Crippen LogP contribution in [-0.4, -0.2) is 16.9 Å². The number of carboxylic acids is 1. The van der Waals surface area contributed by atoms with Gasteiger partial charge in [0.15, 0.2) is 0 Å². The van der Waals surface area contributed by atoms with Crippen molar-refractivity contribution in [3.05, 3.63) is 34.6 Å². The van der Waals surface area contributed by atoms with Crippen LogP contribution < -0.4 is 0 Å². The van der Waals surface area contributed by atoms with E-state index in [-0.39, 0.29) is 29.8 Å². The van der Waals surface area contributed by atoms with Gasteiger partial charge in [0.2, 0.25) is 0 Å². The summed E-state index contributed by atoms with van der Waals surface area (Å²) in [6, 6.07) is 2.68. The number of aromatic carboxylic acids is 1. The van der Waals surface area contributed by atoms with Gasteiger partial charge in [-0.05, 0) is 25.0 Å². The number of ketones is 1. The second-order valence-corrected chi connectivity index (χ2v) is 3.92. The molecule has 0 aliphatic rings. The molecule has 0 aromatic heterocycles. The zero-order chi connectivity index (χ0) is 13.0. The fourth-order valence-corrected chi connectivity index (χ4v) is 1.72. The molecule has 0 heterocycles. The Bertz CT molecular complexity index is 452. The van der Waals surface area contributed by atoms with Crippen molar-refractivity contribution >= 4 is 11.8 Å². The quantitative estimate of drug-likeness (QED) is 0.858. The Morgan fingerprint density at radius 1 is 1.35 bits per heavy atom. The van der Waals surface area contributed by atoms with Crippen molar-refractivity contribution in [1.29, 1.82) is 0 Å². The number of aryl methyl sites for hydroxylation is 1. The molecule has 0 spiro atoms. The van der Waals surface area contributed by atoms with Gasteiger partial charge in [-0.25, -0.2) is 9.18 Å². The summed E-state index contributed by atoms with van der Waals surface area (Å²) in [5.41, 5.74) is 0.617. The van der Waals surface area contributed by atoms with Crippen molar-refractivity contribution in [1.82, 2.24) is 0 Å². The van der Waals surface area contributed by atoms with Gasteiger partial charge in [-0.15, -0.1) is 0 Å². The Hall–Kier alpha value is -1.71. The number of carbonyl (C=O) groups is 2. The molecule has 0 aliphatic carbocycles. The number of hydrogen-bond acceptors (Lipinski definition) is 2. The number of carboxylic acid groups (broad SMARTS) is 1. The van der Waals surface area contributed by atoms with E-state index in [1.807, 2.05) is 0 Å². The van der Waals surface area contributed by atoms with Gasteiger partial charge in [-0.1, -0.05) is 13.0 Å². The van der Waals surface area contributed by atoms with Gasteiger partial charge in [0.1, 0.15) is 11.6 Å². The molecule has 0 aliphatic heterocycles. The lowest BCUT2D eigenvalue weighted by atomic mass is 9.96. The average Bonchev–Trinajstić information content (AvgIpc) is 2.28. The number of benzene rings is 1. The van der Waals surface area contributed by atoms with Crippen molar-refractivity contribution in [2.45, 2.75) is 33.1 Å². The highest BCUT2D eigenvalue weighted by atomic mass is 19.1. The summed E-state index contributed by atoms with van der Waals surface area (Å²) in [5.74, 6) is -1.71. The molecule has 0 bridgehead atoms. The Morgan fingerprint density at radius 3 is 2.53 bits per heavy atom. The minimum absolute atomic E-state index is 0.00208. The molecule has 0 radical (unpaired) electrons. The number of carbonyl (C=O) groups excluding carboxylic acids is 1. The summed E-state index contributed by atoms with van der Waals surface area (Å²) in [7, 11) is 0. The normalized spacial score (nSPS) is 10.3. The first-order valence-corrected chi connectivity index (χ1v) is 5.50. The molecule has 1 rings (SSSR count). The molecule has 1 aromatic carbocycles. The molecule has 1 N–H and O–H groups in total. The van der Waals surface area contributed by atoms with Crippen LogP contribution in [0.2, 0.25) is 0 Å². The Kier molecular flexibility index (Phi) is 4.37. The first-order chi connectivity index (χ1) is 7.97. The van der Waals surface area contributed by atoms with Gasteiger partial charge >= 0.3 is 5.97 Å². The van der Waals surface area contributed by atoms with E-state index in [1.54, 1.807) is 13.8 Å². The number of halogens is 1. The van der Waals surface area contributed by atoms with Crippen LogP contribution in [0.5, 0.6) is 0 Å². The molecule has 0 amide bonds. The lowest BCUT2D eigenvalue weighted by Crippen LogP contribution is -2.09. The number of hydrogen-bond donors (Lipinski definition) is 1. The van der Waals surface area contributed by atoms with E-state index in [9.17, 15) is 14.0 Å². The largest absolute Gasteiger partial charge is 0.478 e. The zero-order valence-corrected chi connectivity index (χ0v) is 9.92. The second-order valence-electron chi connectivity index (χ2n) is 3.92. The molecule has 92 valence electrons. The van der Waals surface area contributed by atoms with Crippen molar-refractivity contribution in [2.75, 3.05) is 0 Å². The highest BCUT2D eigenvalue weighted by Crippen LogP contribution is 2.20. The maximum Gasteiger partial charge on any atom is 0.336 e. The standard InChI is InChI=1S/C13H15FO3/c1-3-9(15)5-6-10-11(14)7-4-8(2)12(10)13(16)17/h4,7H,3,5-6H2,1-2H3,(H,16,17). The van der Waals surface area contributed by atoms with Crippen molar-refractivity contribution in [3.63, 3.8) is 0 Å². The van der Waals surface area contributed by atoms with Crippen LogP contribution in [0.3, 0.4) is 0 Å². The van der Waals surface area contributed by atoms with E-state index in [0.717, 1.165) is 0 Å². The van der Waals surface area contributed by atoms with Crippen LogP contribution in [0, 0.1) is 12.7 Å². The minimum atomic E-state index is -1.15. The predicted molar refractivity (Wildman–Crippen MR) is 61.7 cm³/mol. The van der Waals surface area contributed by atoms with Crippen LogP contribution in [0.4, 0.5) is 4.39 Å². The van der Waals surface area contributed by atoms with Crippen molar-refractivity contribution < 1.29 is 19.1 Å². The lowest BCUT2D eigenvalue weighted by molar-refractivity contribution is -0.118.